The maximum absolute atomic E-state index is 13.6. The number of carbonyl (C=O) groups is 9. The molecule has 1 aromatic carbocycles. The molecule has 0 saturated carbocycles. The van der Waals surface area contributed by atoms with Crippen LogP contribution in [0.4, 0.5) is 11.4 Å². The maximum atomic E-state index is 13.6. The number of rotatable bonds is 23. The molecule has 0 radical (unpaired) electrons. The van der Waals surface area contributed by atoms with E-state index in [0.717, 1.165) is 6.92 Å². The third-order valence-corrected chi connectivity index (χ3v) is 8.39. The van der Waals surface area contributed by atoms with Crippen LogP contribution in [0.1, 0.15) is 67.2 Å². The Labute approximate surface area is 327 Å². The van der Waals surface area contributed by atoms with Gasteiger partial charge in [-0.3, -0.25) is 53.3 Å². The third kappa shape index (κ3) is 16.7. The van der Waals surface area contributed by atoms with Crippen molar-refractivity contribution in [1.82, 2.24) is 31.9 Å². The molecule has 0 aliphatic rings. The Bertz CT molecular complexity index is 1620. The second kappa shape index (κ2) is 23.2. The summed E-state index contributed by atoms with van der Waals surface area (Å²) in [5, 5.41) is 46.2. The Hall–Kier alpha value is -5.80. The van der Waals surface area contributed by atoms with Crippen LogP contribution in [0.3, 0.4) is 0 Å². The Morgan fingerprint density at radius 2 is 1.05 bits per heavy atom. The van der Waals surface area contributed by atoms with E-state index in [9.17, 15) is 58.4 Å². The van der Waals surface area contributed by atoms with Gasteiger partial charge in [-0.2, -0.15) is 12.6 Å². The number of hydrogen-bond donors (Lipinski definition) is 10. The van der Waals surface area contributed by atoms with Gasteiger partial charge >= 0.3 is 11.9 Å². The van der Waals surface area contributed by atoms with E-state index in [2.05, 4.69) is 49.8 Å². The summed E-state index contributed by atoms with van der Waals surface area (Å²) < 4.78 is 0. The van der Waals surface area contributed by atoms with E-state index in [1.807, 2.05) is 0 Å². The molecule has 0 saturated heterocycles. The van der Waals surface area contributed by atoms with Crippen molar-refractivity contribution in [3.63, 3.8) is 0 Å². The lowest BCUT2D eigenvalue weighted by molar-refractivity contribution is -0.384. The number of nitro groups is 1. The van der Waals surface area contributed by atoms with Crippen LogP contribution in [0, 0.1) is 22.0 Å². The largest absolute Gasteiger partial charge is 0.481 e. The van der Waals surface area contributed by atoms with E-state index in [0.29, 0.717) is 0 Å². The number of amides is 7. The fourth-order valence-corrected chi connectivity index (χ4v) is 5.17. The van der Waals surface area contributed by atoms with Crippen molar-refractivity contribution in [2.45, 2.75) is 103 Å². The number of carboxylic acids is 2. The van der Waals surface area contributed by atoms with Gasteiger partial charge < -0.3 is 47.4 Å². The summed E-state index contributed by atoms with van der Waals surface area (Å²) in [5.41, 5.74) is 0.0271. The van der Waals surface area contributed by atoms with Crippen LogP contribution in [-0.4, -0.2) is 110 Å². The van der Waals surface area contributed by atoms with Gasteiger partial charge in [0.05, 0.1) is 4.92 Å². The number of nitro benzene ring substituents is 1. The van der Waals surface area contributed by atoms with Gasteiger partial charge in [-0.1, -0.05) is 27.7 Å². The number of carboxylic acid groups (broad SMARTS) is 2. The highest BCUT2D eigenvalue weighted by atomic mass is 32.1. The van der Waals surface area contributed by atoms with Gasteiger partial charge in [0.1, 0.15) is 36.3 Å². The van der Waals surface area contributed by atoms with E-state index in [4.69, 9.17) is 5.11 Å². The number of hydrogen-bond acceptors (Lipinski definition) is 12. The zero-order valence-electron chi connectivity index (χ0n) is 31.7. The van der Waals surface area contributed by atoms with Gasteiger partial charge in [0.15, 0.2) is 0 Å². The average molecular weight is 811 g/mol. The predicted octanol–water partition coefficient (Wildman–Crippen LogP) is -0.547. The smallest absolute Gasteiger partial charge is 0.303 e. The zero-order chi connectivity index (χ0) is 42.9. The van der Waals surface area contributed by atoms with E-state index < -0.39 is 126 Å². The molecule has 7 amide bonds. The van der Waals surface area contributed by atoms with E-state index in [-0.39, 0.29) is 23.5 Å². The Balaban J connectivity index is 3.06. The molecule has 0 unspecified atom stereocenters. The topological polar surface area (TPSA) is 321 Å². The van der Waals surface area contributed by atoms with Gasteiger partial charge in [-0.15, -0.1) is 0 Å². The molecule has 310 valence electrons. The number of non-ortho nitro benzene ring substituents is 1. The number of anilines is 1. The van der Waals surface area contributed by atoms with Crippen LogP contribution in [0.5, 0.6) is 0 Å². The van der Waals surface area contributed by atoms with Crippen molar-refractivity contribution in [3.05, 3.63) is 34.4 Å². The molecular weight excluding hydrogens is 760 g/mol. The lowest BCUT2D eigenvalue weighted by atomic mass is 9.98. The van der Waals surface area contributed by atoms with Crippen LogP contribution in [0.25, 0.3) is 0 Å². The molecular formula is C34H50N8O13S. The van der Waals surface area contributed by atoms with Crippen molar-refractivity contribution < 1.29 is 58.3 Å². The Kier molecular flexibility index (Phi) is 20.0. The fraction of sp³-hybridized carbons (Fsp3) is 0.559. The first-order valence-electron chi connectivity index (χ1n) is 17.5. The minimum Gasteiger partial charge on any atom is -0.481 e. The van der Waals surface area contributed by atoms with E-state index in [1.165, 1.54) is 31.2 Å². The van der Waals surface area contributed by atoms with Crippen molar-refractivity contribution >= 4 is 77.3 Å². The van der Waals surface area contributed by atoms with Gasteiger partial charge in [-0.05, 0) is 43.7 Å². The summed E-state index contributed by atoms with van der Waals surface area (Å²) in [6.07, 6.45) is -1.86. The minimum absolute atomic E-state index is 0.153. The lowest BCUT2D eigenvalue weighted by Gasteiger charge is -2.29. The first-order chi connectivity index (χ1) is 26.1. The van der Waals surface area contributed by atoms with Gasteiger partial charge in [-0.25, -0.2) is 0 Å². The second-order valence-corrected chi connectivity index (χ2v) is 13.8. The molecule has 21 nitrogen and oxygen atoms in total. The Morgan fingerprint density at radius 3 is 1.48 bits per heavy atom. The molecule has 56 heavy (non-hydrogen) atoms. The standard InChI is InChI=1S/C34H50N8O13S/c1-16(2)27(33(52)35-18(5)29(48)39-24(15-56)32(51)37-20-7-9-21(10-8-20)42(54)55)41-34(53)28(17(3)4)40-31(50)23(12-14-26(46)47)38-30(49)22(36-19(6)43)11-13-25(44)45/h7-10,16-18,22-24,27-28,56H,11-15H2,1-6H3,(H,35,52)(H,36,43)(H,37,51)(H,38,49)(H,39,48)(H,40,50)(H,41,53)(H,44,45)(H,46,47)/t18-,22-,23-,24-,27-,28-/m0/s1. The molecule has 9 N–H and O–H groups in total. The number of thiol groups is 1. The maximum Gasteiger partial charge on any atom is 0.303 e. The molecule has 0 aromatic heterocycles. The first kappa shape index (κ1) is 48.2. The molecule has 0 bridgehead atoms. The lowest BCUT2D eigenvalue weighted by Crippen LogP contribution is -2.61. The summed E-state index contributed by atoms with van der Waals surface area (Å²) in [6.45, 7) is 8.77. The highest BCUT2D eigenvalue weighted by molar-refractivity contribution is 7.80. The SMILES string of the molecule is CC(=O)N[C@@H](CCC(=O)O)C(=O)N[C@@H](CCC(=O)O)C(=O)N[C@H](C(=O)N[C@H](C(=O)N[C@@H](C)C(=O)N[C@@H](CS)C(=O)Nc1ccc([N+](=O)[O-])cc1)C(C)C)C(C)C. The quantitative estimate of drug-likeness (QED) is 0.0378. The molecule has 0 spiro atoms. The number of aliphatic carboxylic acids is 2. The summed E-state index contributed by atoms with van der Waals surface area (Å²) in [7, 11) is 0. The average Bonchev–Trinajstić information content (AvgIpc) is 3.10. The van der Waals surface area contributed by atoms with E-state index >= 15 is 0 Å². The van der Waals surface area contributed by atoms with Crippen LogP contribution in [0.15, 0.2) is 24.3 Å². The number of nitrogens with zero attached hydrogens (tertiary/aromatic N) is 1. The van der Waals surface area contributed by atoms with Crippen LogP contribution in [0.2, 0.25) is 0 Å². The summed E-state index contributed by atoms with van der Waals surface area (Å²) in [6, 6.07) is -2.92. The molecule has 0 aliphatic heterocycles. The van der Waals surface area contributed by atoms with Crippen molar-refractivity contribution in [2.75, 3.05) is 11.1 Å². The number of nitrogens with one attached hydrogen (secondary N) is 7. The summed E-state index contributed by atoms with van der Waals surface area (Å²) >= 11 is 4.11. The normalized spacial score (nSPS) is 14.1. The molecule has 0 aliphatic carbocycles. The van der Waals surface area contributed by atoms with Gasteiger partial charge in [0, 0.05) is 43.3 Å². The van der Waals surface area contributed by atoms with Crippen LogP contribution < -0.4 is 37.2 Å². The van der Waals surface area contributed by atoms with Crippen molar-refractivity contribution in [2.24, 2.45) is 11.8 Å². The number of carbonyl (C=O) groups excluding carboxylic acids is 7. The third-order valence-electron chi connectivity index (χ3n) is 8.03. The second-order valence-electron chi connectivity index (χ2n) is 13.4. The highest BCUT2D eigenvalue weighted by Gasteiger charge is 2.34. The molecule has 1 aromatic rings. The fourth-order valence-electron chi connectivity index (χ4n) is 4.91. The predicted molar refractivity (Wildman–Crippen MR) is 202 cm³/mol. The molecule has 22 heteroatoms. The van der Waals surface area contributed by atoms with Crippen molar-refractivity contribution in [3.8, 4) is 0 Å². The summed E-state index contributed by atoms with van der Waals surface area (Å²) in [5.74, 6) is -9.59. The monoisotopic (exact) mass is 810 g/mol. The number of benzene rings is 1. The highest BCUT2D eigenvalue weighted by Crippen LogP contribution is 2.16. The molecule has 6 atom stereocenters. The van der Waals surface area contributed by atoms with Gasteiger partial charge in [0.25, 0.3) is 5.69 Å². The van der Waals surface area contributed by atoms with Crippen LogP contribution in [-0.2, 0) is 43.2 Å². The molecule has 0 heterocycles. The van der Waals surface area contributed by atoms with E-state index in [1.54, 1.807) is 27.7 Å². The summed E-state index contributed by atoms with van der Waals surface area (Å²) in [4.78, 5) is 123. The van der Waals surface area contributed by atoms with Gasteiger partial charge in [0.2, 0.25) is 41.4 Å². The minimum atomic E-state index is -1.53. The molecule has 0 fully saturated rings. The molecule has 1 rings (SSSR count). The van der Waals surface area contributed by atoms with Crippen LogP contribution >= 0.6 is 12.6 Å². The van der Waals surface area contributed by atoms with Crippen molar-refractivity contribution in [1.29, 1.82) is 0 Å². The Morgan fingerprint density at radius 1 is 0.625 bits per heavy atom. The first-order valence-corrected chi connectivity index (χ1v) is 18.1. The zero-order valence-corrected chi connectivity index (χ0v) is 32.6.